The summed E-state index contributed by atoms with van der Waals surface area (Å²) in [5.41, 5.74) is 1.15. The maximum absolute atomic E-state index is 12.7. The van der Waals surface area contributed by atoms with E-state index in [4.69, 9.17) is 0 Å². The van der Waals surface area contributed by atoms with Crippen molar-refractivity contribution in [2.45, 2.75) is 24.8 Å². The lowest BCUT2D eigenvalue weighted by Gasteiger charge is -2.33. The van der Waals surface area contributed by atoms with Crippen molar-refractivity contribution in [2.75, 3.05) is 32.7 Å². The fourth-order valence-electron chi connectivity index (χ4n) is 2.92. The quantitative estimate of drug-likeness (QED) is 0.793. The molecule has 1 saturated heterocycles. The Bertz CT molecular complexity index is 733. The molecule has 24 heavy (non-hydrogen) atoms. The van der Waals surface area contributed by atoms with Crippen LogP contribution in [0.2, 0.25) is 0 Å². The van der Waals surface area contributed by atoms with Gasteiger partial charge in [-0.1, -0.05) is 19.1 Å². The molecule has 0 aliphatic carbocycles. The van der Waals surface area contributed by atoms with E-state index in [0.717, 1.165) is 38.2 Å². The Kier molecular flexibility index (Phi) is 5.33. The Hall–Kier alpha value is -1.70. The molecule has 2 aromatic rings. The molecule has 6 nitrogen and oxygen atoms in total. The van der Waals surface area contributed by atoms with Crippen molar-refractivity contribution in [2.24, 2.45) is 0 Å². The molecule has 0 radical (unpaired) electrons. The van der Waals surface area contributed by atoms with Gasteiger partial charge in [0.2, 0.25) is 10.0 Å². The molecule has 3 rings (SSSR count). The van der Waals surface area contributed by atoms with Crippen LogP contribution in [0.4, 0.5) is 0 Å². The number of hydrogen-bond donors (Lipinski definition) is 0. The fraction of sp³-hybridized carbons (Fsp3) is 0.471. The number of piperazine rings is 1. The van der Waals surface area contributed by atoms with E-state index in [-0.39, 0.29) is 0 Å². The first kappa shape index (κ1) is 17.1. The molecule has 2 heterocycles. The molecular weight excluding hydrogens is 324 g/mol. The molecule has 0 N–H and O–H groups in total. The number of aryl methyl sites for hydroxylation is 1. The summed E-state index contributed by atoms with van der Waals surface area (Å²) >= 11 is 0. The lowest BCUT2D eigenvalue weighted by Crippen LogP contribution is -2.49. The van der Waals surface area contributed by atoms with Gasteiger partial charge in [-0.15, -0.1) is 0 Å². The minimum absolute atomic E-state index is 0.393. The zero-order valence-corrected chi connectivity index (χ0v) is 14.8. The summed E-state index contributed by atoms with van der Waals surface area (Å²) in [5.74, 6) is 0. The molecule has 7 heteroatoms. The predicted molar refractivity (Wildman–Crippen MR) is 93.2 cm³/mol. The van der Waals surface area contributed by atoms with Gasteiger partial charge in [-0.05, 0) is 30.2 Å². The second kappa shape index (κ2) is 7.46. The van der Waals surface area contributed by atoms with Crippen LogP contribution in [0.15, 0.2) is 47.6 Å². The van der Waals surface area contributed by atoms with Crippen LogP contribution in [0, 0.1) is 0 Å². The van der Waals surface area contributed by atoms with Crippen molar-refractivity contribution < 1.29 is 8.42 Å². The molecule has 1 aliphatic heterocycles. The van der Waals surface area contributed by atoms with Gasteiger partial charge in [-0.2, -0.15) is 9.40 Å². The summed E-state index contributed by atoms with van der Waals surface area (Å²) in [6, 6.07) is 9.14. The minimum Gasteiger partial charge on any atom is -0.299 e. The van der Waals surface area contributed by atoms with E-state index in [1.165, 1.54) is 0 Å². The molecule has 1 aliphatic rings. The lowest BCUT2D eigenvalue weighted by molar-refractivity contribution is 0.181. The number of aromatic nitrogens is 2. The zero-order valence-electron chi connectivity index (χ0n) is 14.0. The van der Waals surface area contributed by atoms with Crippen LogP contribution in [0.5, 0.6) is 0 Å². The standard InChI is InChI=1S/C17H24N4O2S/c1-2-16-4-6-17(7-5-16)24(22,23)21-14-11-19(12-15-21)10-13-20-9-3-8-18-20/h3-9H,2,10-15H2,1H3. The SMILES string of the molecule is CCc1ccc(S(=O)(=O)N2CCN(CCn3cccn3)CC2)cc1. The van der Waals surface area contributed by atoms with Crippen molar-refractivity contribution in [3.63, 3.8) is 0 Å². The van der Waals surface area contributed by atoms with Crippen molar-refractivity contribution >= 4 is 10.0 Å². The Labute approximate surface area is 143 Å². The van der Waals surface area contributed by atoms with Crippen LogP contribution in [0.3, 0.4) is 0 Å². The first-order valence-corrected chi connectivity index (χ1v) is 9.82. The molecule has 0 unspecified atom stereocenters. The normalized spacial score (nSPS) is 17.2. The van der Waals surface area contributed by atoms with Crippen molar-refractivity contribution in [1.29, 1.82) is 0 Å². The number of rotatable bonds is 6. The first-order chi connectivity index (χ1) is 11.6. The van der Waals surface area contributed by atoms with Crippen LogP contribution >= 0.6 is 0 Å². The van der Waals surface area contributed by atoms with Crippen molar-refractivity contribution in [3.05, 3.63) is 48.3 Å². The van der Waals surface area contributed by atoms with E-state index in [2.05, 4.69) is 16.9 Å². The topological polar surface area (TPSA) is 58.4 Å². The molecule has 1 fully saturated rings. The summed E-state index contributed by atoms with van der Waals surface area (Å²) in [6.07, 6.45) is 4.63. The second-order valence-electron chi connectivity index (χ2n) is 6.01. The molecule has 1 aromatic heterocycles. The van der Waals surface area contributed by atoms with E-state index in [0.29, 0.717) is 18.0 Å². The maximum Gasteiger partial charge on any atom is 0.243 e. The second-order valence-corrected chi connectivity index (χ2v) is 7.95. The number of nitrogens with zero attached hydrogens (tertiary/aromatic N) is 4. The Morgan fingerprint density at radius 1 is 1.04 bits per heavy atom. The average Bonchev–Trinajstić information content (AvgIpc) is 3.14. The van der Waals surface area contributed by atoms with E-state index < -0.39 is 10.0 Å². The van der Waals surface area contributed by atoms with Gasteiger partial charge in [-0.25, -0.2) is 8.42 Å². The molecule has 0 atom stereocenters. The third kappa shape index (κ3) is 3.85. The van der Waals surface area contributed by atoms with Gasteiger partial charge in [0.25, 0.3) is 0 Å². The highest BCUT2D eigenvalue weighted by atomic mass is 32.2. The highest BCUT2D eigenvalue weighted by Gasteiger charge is 2.28. The Morgan fingerprint density at radius 3 is 2.33 bits per heavy atom. The summed E-state index contributed by atoms with van der Waals surface area (Å²) in [6.45, 7) is 6.37. The first-order valence-electron chi connectivity index (χ1n) is 8.38. The predicted octanol–water partition coefficient (Wildman–Crippen LogP) is 1.45. The molecular formula is C17H24N4O2S. The number of benzene rings is 1. The van der Waals surface area contributed by atoms with Gasteiger partial charge in [0.1, 0.15) is 0 Å². The van der Waals surface area contributed by atoms with Gasteiger partial charge in [0.05, 0.1) is 11.4 Å². The summed E-state index contributed by atoms with van der Waals surface area (Å²) in [5, 5.41) is 4.19. The van der Waals surface area contributed by atoms with Crippen LogP contribution in [0.25, 0.3) is 0 Å². The fourth-order valence-corrected chi connectivity index (χ4v) is 4.34. The lowest BCUT2D eigenvalue weighted by atomic mass is 10.2. The Morgan fingerprint density at radius 2 is 1.75 bits per heavy atom. The molecule has 0 amide bonds. The van der Waals surface area contributed by atoms with Gasteiger partial charge in [0.15, 0.2) is 0 Å². The van der Waals surface area contributed by atoms with Gasteiger partial charge < -0.3 is 0 Å². The number of hydrogen-bond acceptors (Lipinski definition) is 4. The average molecular weight is 348 g/mol. The van der Waals surface area contributed by atoms with Crippen LogP contribution in [0.1, 0.15) is 12.5 Å². The van der Waals surface area contributed by atoms with Gasteiger partial charge in [-0.3, -0.25) is 9.58 Å². The summed E-state index contributed by atoms with van der Waals surface area (Å²) in [7, 11) is -3.38. The third-order valence-electron chi connectivity index (χ3n) is 4.51. The van der Waals surface area contributed by atoms with Gasteiger partial charge >= 0.3 is 0 Å². The van der Waals surface area contributed by atoms with Gasteiger partial charge in [0, 0.05) is 45.1 Å². The van der Waals surface area contributed by atoms with E-state index >= 15 is 0 Å². The summed E-state index contributed by atoms with van der Waals surface area (Å²) in [4.78, 5) is 2.68. The third-order valence-corrected chi connectivity index (χ3v) is 6.42. The van der Waals surface area contributed by atoms with Crippen LogP contribution in [-0.4, -0.2) is 60.1 Å². The van der Waals surface area contributed by atoms with Crippen LogP contribution < -0.4 is 0 Å². The highest BCUT2D eigenvalue weighted by molar-refractivity contribution is 7.89. The molecule has 1 aromatic carbocycles. The zero-order chi connectivity index (χ0) is 17.0. The van der Waals surface area contributed by atoms with Crippen molar-refractivity contribution in [3.8, 4) is 0 Å². The van der Waals surface area contributed by atoms with E-state index in [1.807, 2.05) is 29.1 Å². The maximum atomic E-state index is 12.7. The number of sulfonamides is 1. The van der Waals surface area contributed by atoms with Crippen LogP contribution in [-0.2, 0) is 23.0 Å². The molecule has 130 valence electrons. The largest absolute Gasteiger partial charge is 0.299 e. The summed E-state index contributed by atoms with van der Waals surface area (Å²) < 4.78 is 29.0. The molecule has 0 saturated carbocycles. The van der Waals surface area contributed by atoms with E-state index in [1.54, 1.807) is 22.6 Å². The minimum atomic E-state index is -3.38. The highest BCUT2D eigenvalue weighted by Crippen LogP contribution is 2.18. The Balaban J connectivity index is 1.56. The molecule has 0 spiro atoms. The van der Waals surface area contributed by atoms with Crippen molar-refractivity contribution in [1.82, 2.24) is 19.0 Å². The molecule has 0 bridgehead atoms. The van der Waals surface area contributed by atoms with E-state index in [9.17, 15) is 8.42 Å². The smallest absolute Gasteiger partial charge is 0.243 e. The monoisotopic (exact) mass is 348 g/mol.